The van der Waals surface area contributed by atoms with Crippen LogP contribution in [-0.4, -0.2) is 82.3 Å². The second-order valence-corrected chi connectivity index (χ2v) is 9.91. The van der Waals surface area contributed by atoms with Crippen LogP contribution >= 0.6 is 0 Å². The highest BCUT2D eigenvalue weighted by Crippen LogP contribution is 2.26. The molecule has 0 saturated carbocycles. The lowest BCUT2D eigenvalue weighted by atomic mass is 10.0. The summed E-state index contributed by atoms with van der Waals surface area (Å²) in [5.74, 6) is 5.59. The van der Waals surface area contributed by atoms with E-state index in [-0.39, 0.29) is 31.3 Å². The van der Waals surface area contributed by atoms with Crippen LogP contribution in [0.1, 0.15) is 55.2 Å². The lowest BCUT2D eigenvalue weighted by molar-refractivity contribution is -0.138. The lowest BCUT2D eigenvalue weighted by Crippen LogP contribution is -2.31. The Kier molecular flexibility index (Phi) is 15.9. The molecule has 0 spiro atoms. The van der Waals surface area contributed by atoms with Gasteiger partial charge in [0.05, 0.1) is 71.5 Å². The van der Waals surface area contributed by atoms with Crippen molar-refractivity contribution in [3.63, 3.8) is 0 Å². The zero-order valence-electron chi connectivity index (χ0n) is 24.7. The van der Waals surface area contributed by atoms with Gasteiger partial charge in [-0.05, 0) is 36.6 Å². The molecule has 1 heterocycles. The summed E-state index contributed by atoms with van der Waals surface area (Å²) in [5, 5.41) is 11.4. The predicted octanol–water partition coefficient (Wildman–Crippen LogP) is 3.54. The van der Waals surface area contributed by atoms with Crippen LogP contribution in [0.4, 0.5) is 5.69 Å². The Morgan fingerprint density at radius 1 is 0.698 bits per heavy atom. The lowest BCUT2D eigenvalue weighted by Gasteiger charge is -2.26. The van der Waals surface area contributed by atoms with Gasteiger partial charge < -0.3 is 34.3 Å². The van der Waals surface area contributed by atoms with E-state index in [0.717, 1.165) is 41.6 Å². The molecule has 232 valence electrons. The van der Waals surface area contributed by atoms with E-state index in [0.29, 0.717) is 65.8 Å². The van der Waals surface area contributed by atoms with E-state index >= 15 is 0 Å². The molecule has 10 heteroatoms. The molecule has 2 aromatic rings. The summed E-state index contributed by atoms with van der Waals surface area (Å²) < 4.78 is 21.3. The molecule has 0 aliphatic carbocycles. The van der Waals surface area contributed by atoms with Crippen LogP contribution in [0, 0.1) is 11.8 Å². The molecule has 43 heavy (non-hydrogen) atoms. The largest absolute Gasteiger partial charge is 0.481 e. The molecule has 0 aromatic heterocycles. The van der Waals surface area contributed by atoms with Gasteiger partial charge in [-0.1, -0.05) is 48.6 Å². The van der Waals surface area contributed by atoms with Crippen molar-refractivity contribution in [2.45, 2.75) is 45.1 Å². The van der Waals surface area contributed by atoms with Gasteiger partial charge in [0, 0.05) is 30.5 Å². The zero-order chi connectivity index (χ0) is 30.5. The van der Waals surface area contributed by atoms with E-state index in [1.807, 2.05) is 53.4 Å². The standard InChI is InChI=1S/C33H42N2O8/c36-31(15-18-40-20-22-42-24-25-43-23-21-41-19-16-33(38)39)34-17-7-1-2-12-32(37)35-26-29-10-4-3-8-27(29)13-14-28-9-5-6-11-30(28)35/h3-6,8-11H,1-2,7,12,15-26H2,(H,34,36)(H,38,39). The number of carbonyl (C=O) groups is 3. The number of unbranched alkanes of at least 4 members (excludes halogenated alkanes) is 2. The van der Waals surface area contributed by atoms with Crippen molar-refractivity contribution in [3.05, 3.63) is 65.2 Å². The average molecular weight is 595 g/mol. The van der Waals surface area contributed by atoms with Gasteiger partial charge in [0.25, 0.3) is 0 Å². The fourth-order valence-corrected chi connectivity index (χ4v) is 4.32. The Hall–Kier alpha value is -3.75. The highest BCUT2D eigenvalue weighted by atomic mass is 16.6. The summed E-state index contributed by atoms with van der Waals surface area (Å²) in [7, 11) is 0. The number of para-hydroxylation sites is 1. The molecule has 1 aliphatic heterocycles. The number of anilines is 1. The van der Waals surface area contributed by atoms with Gasteiger partial charge in [-0.3, -0.25) is 14.4 Å². The Bertz CT molecular complexity index is 1220. The Morgan fingerprint density at radius 2 is 1.28 bits per heavy atom. The highest BCUT2D eigenvalue weighted by Gasteiger charge is 2.20. The van der Waals surface area contributed by atoms with E-state index < -0.39 is 5.97 Å². The number of rotatable bonds is 21. The van der Waals surface area contributed by atoms with Crippen molar-refractivity contribution in [1.82, 2.24) is 5.32 Å². The van der Waals surface area contributed by atoms with Crippen LogP contribution in [0.15, 0.2) is 48.5 Å². The van der Waals surface area contributed by atoms with Gasteiger partial charge in [-0.2, -0.15) is 0 Å². The molecule has 0 atom stereocenters. The molecule has 0 fully saturated rings. The average Bonchev–Trinajstić information content (AvgIpc) is 3.00. The maximum atomic E-state index is 13.3. The van der Waals surface area contributed by atoms with E-state index in [9.17, 15) is 14.4 Å². The molecule has 1 aliphatic rings. The number of ether oxygens (including phenoxy) is 4. The van der Waals surface area contributed by atoms with Gasteiger partial charge in [0.2, 0.25) is 11.8 Å². The number of carboxylic acid groups (broad SMARTS) is 1. The van der Waals surface area contributed by atoms with Crippen molar-refractivity contribution >= 4 is 23.5 Å². The molecule has 2 aromatic carbocycles. The monoisotopic (exact) mass is 594 g/mol. The molecule has 3 rings (SSSR count). The molecule has 2 amide bonds. The fraction of sp³-hybridized carbons (Fsp3) is 0.485. The Balaban J connectivity index is 1.18. The van der Waals surface area contributed by atoms with Gasteiger partial charge in [0.1, 0.15) is 0 Å². The van der Waals surface area contributed by atoms with Crippen molar-refractivity contribution in [1.29, 1.82) is 0 Å². The van der Waals surface area contributed by atoms with Crippen LogP contribution in [0.3, 0.4) is 0 Å². The van der Waals surface area contributed by atoms with Crippen LogP contribution in [0.2, 0.25) is 0 Å². The summed E-state index contributed by atoms with van der Waals surface area (Å²) >= 11 is 0. The Labute approximate surface area is 253 Å². The minimum absolute atomic E-state index is 0.0166. The number of fused-ring (bicyclic) bond motifs is 2. The minimum atomic E-state index is -0.885. The maximum Gasteiger partial charge on any atom is 0.305 e. The molecule has 2 N–H and O–H groups in total. The minimum Gasteiger partial charge on any atom is -0.481 e. The first-order valence-electron chi connectivity index (χ1n) is 14.8. The van der Waals surface area contributed by atoms with Gasteiger partial charge >= 0.3 is 5.97 Å². The van der Waals surface area contributed by atoms with Crippen molar-refractivity contribution in [2.75, 3.05) is 64.3 Å². The predicted molar refractivity (Wildman–Crippen MR) is 162 cm³/mol. The first kappa shape index (κ1) is 33.7. The maximum absolute atomic E-state index is 13.3. The Morgan fingerprint density at radius 3 is 1.98 bits per heavy atom. The third-order valence-corrected chi connectivity index (χ3v) is 6.61. The van der Waals surface area contributed by atoms with Crippen LogP contribution in [0.5, 0.6) is 0 Å². The van der Waals surface area contributed by atoms with Crippen molar-refractivity contribution in [2.24, 2.45) is 0 Å². The summed E-state index contributed by atoms with van der Waals surface area (Å²) in [5.41, 5.74) is 3.68. The summed E-state index contributed by atoms with van der Waals surface area (Å²) in [4.78, 5) is 37.5. The van der Waals surface area contributed by atoms with E-state index in [1.165, 1.54) is 0 Å². The number of carbonyl (C=O) groups excluding carboxylic acids is 2. The number of nitrogens with zero attached hydrogens (tertiary/aromatic N) is 1. The van der Waals surface area contributed by atoms with Crippen LogP contribution in [-0.2, 0) is 39.9 Å². The number of hydrogen-bond donors (Lipinski definition) is 2. The number of carboxylic acids is 1. The third kappa shape index (κ3) is 13.4. The van der Waals surface area contributed by atoms with Crippen LogP contribution < -0.4 is 10.2 Å². The molecule has 0 bridgehead atoms. The second kappa shape index (κ2) is 20.2. The van der Waals surface area contributed by atoms with E-state index in [1.54, 1.807) is 0 Å². The molecule has 0 radical (unpaired) electrons. The normalized spacial score (nSPS) is 11.9. The topological polar surface area (TPSA) is 124 Å². The molecule has 0 saturated heterocycles. The third-order valence-electron chi connectivity index (χ3n) is 6.61. The smallest absolute Gasteiger partial charge is 0.305 e. The first-order chi connectivity index (χ1) is 21.0. The number of amides is 2. The van der Waals surface area contributed by atoms with Crippen LogP contribution in [0.25, 0.3) is 0 Å². The highest BCUT2D eigenvalue weighted by molar-refractivity contribution is 5.95. The summed E-state index contributed by atoms with van der Waals surface area (Å²) in [6.45, 7) is 3.90. The second-order valence-electron chi connectivity index (χ2n) is 9.91. The van der Waals surface area contributed by atoms with Crippen molar-refractivity contribution < 1.29 is 38.4 Å². The number of aliphatic carboxylic acids is 1. The van der Waals surface area contributed by atoms with Gasteiger partial charge in [-0.15, -0.1) is 0 Å². The fourth-order valence-electron chi connectivity index (χ4n) is 4.32. The SMILES string of the molecule is O=C(O)CCOCCOCCOCCOCCC(=O)NCCCCCC(=O)N1Cc2ccccc2C#Cc2ccccc21. The quantitative estimate of drug-likeness (QED) is 0.166. The van der Waals surface area contributed by atoms with E-state index in [4.69, 9.17) is 24.1 Å². The zero-order valence-corrected chi connectivity index (χ0v) is 24.7. The molecular formula is C33H42N2O8. The van der Waals surface area contributed by atoms with Gasteiger partial charge in [-0.25, -0.2) is 0 Å². The number of nitrogens with one attached hydrogen (secondary N) is 1. The summed E-state index contributed by atoms with van der Waals surface area (Å²) in [6, 6.07) is 15.7. The molecule has 0 unspecified atom stereocenters. The molecular weight excluding hydrogens is 552 g/mol. The van der Waals surface area contributed by atoms with E-state index in [2.05, 4.69) is 17.2 Å². The first-order valence-corrected chi connectivity index (χ1v) is 14.8. The van der Waals surface area contributed by atoms with Gasteiger partial charge in [0.15, 0.2) is 0 Å². The van der Waals surface area contributed by atoms with Crippen molar-refractivity contribution in [3.8, 4) is 11.8 Å². The number of benzene rings is 2. The number of hydrogen-bond acceptors (Lipinski definition) is 7. The summed E-state index contributed by atoms with van der Waals surface area (Å²) in [6.07, 6.45) is 3.08. The molecule has 10 nitrogen and oxygen atoms in total.